The fourth-order valence-corrected chi connectivity index (χ4v) is 18.4. The number of aromatic carboxylic acids is 2. The van der Waals surface area contributed by atoms with Gasteiger partial charge in [0.05, 0.1) is 212 Å². The van der Waals surface area contributed by atoms with E-state index in [4.69, 9.17) is 124 Å². The van der Waals surface area contributed by atoms with E-state index in [0.29, 0.717) is 46.1 Å². The second kappa shape index (κ2) is 52.4. The zero-order valence-corrected chi connectivity index (χ0v) is 79.2. The molecule has 736 valence electrons. The van der Waals surface area contributed by atoms with Gasteiger partial charge in [0.25, 0.3) is 0 Å². The van der Waals surface area contributed by atoms with E-state index in [2.05, 4.69) is 9.47 Å². The molecule has 6 fully saturated rings. The first kappa shape index (κ1) is 118. The van der Waals surface area contributed by atoms with Crippen molar-refractivity contribution in [1.82, 2.24) is 0 Å². The lowest BCUT2D eigenvalue weighted by Crippen LogP contribution is -2.35. The third-order valence-electron chi connectivity index (χ3n) is 23.7. The van der Waals surface area contributed by atoms with Crippen molar-refractivity contribution < 1.29 is 189 Å². The first-order valence-corrected chi connectivity index (χ1v) is 50.7. The van der Waals surface area contributed by atoms with Crippen LogP contribution in [0.15, 0.2) is 54.6 Å². The molecule has 5 aromatic carbocycles. The van der Waals surface area contributed by atoms with Gasteiger partial charge >= 0.3 is 76.9 Å². The molecule has 8 atom stereocenters. The smallest absolute Gasteiger partial charge is 0.367 e. The number of carbonyl (C=O) groups excluding carboxylic acids is 10. The molecule has 2 N–H and O–H groups in total. The van der Waals surface area contributed by atoms with E-state index in [9.17, 15) is 141 Å². The summed E-state index contributed by atoms with van der Waals surface area (Å²) < 4.78 is 234. The number of hydrogen-bond acceptors (Lipinski definition) is 37. The molecule has 22 radical (unpaired) electrons. The lowest BCUT2D eigenvalue weighted by molar-refractivity contribution is -0.153. The third-order valence-corrected chi connectivity index (χ3v) is 27.2. The molecule has 5 aliphatic carbocycles. The van der Waals surface area contributed by atoms with Crippen molar-refractivity contribution in [2.24, 2.45) is 47.3 Å². The number of esters is 10. The second-order valence-corrected chi connectivity index (χ2v) is 40.0. The summed E-state index contributed by atoms with van der Waals surface area (Å²) in [5, 5.41) is 14.3. The van der Waals surface area contributed by atoms with Crippen LogP contribution in [0.2, 0.25) is 0 Å². The predicted molar refractivity (Wildman–Crippen MR) is 491 cm³/mol. The van der Waals surface area contributed by atoms with Crippen LogP contribution in [0.25, 0.3) is 0 Å². The monoisotopic (exact) mass is 2040 g/mol. The number of hydrogen-bond donors (Lipinski definition) is 2. The Bertz CT molecular complexity index is 6110. The van der Waals surface area contributed by atoms with Crippen LogP contribution < -0.4 is 14.2 Å². The van der Waals surface area contributed by atoms with Gasteiger partial charge in [-0.1, -0.05) is 136 Å². The number of rotatable bonds is 41. The van der Waals surface area contributed by atoms with Crippen LogP contribution in [0.5, 0.6) is 17.2 Å². The molecular weight excluding hydrogens is 1950 g/mol. The molecule has 1 aliphatic heterocycles. The molecule has 5 saturated carbocycles. The summed E-state index contributed by atoms with van der Waals surface area (Å²) in [6.07, 6.45) is 8.59. The molecule has 57 heteroatoms. The normalized spacial score (nSPS) is 18.3. The third kappa shape index (κ3) is 32.4. The van der Waals surface area contributed by atoms with Gasteiger partial charge in [-0.3, -0.25) is 19.2 Å². The Kier molecular flexibility index (Phi) is 43.8. The molecule has 8 unspecified atom stereocenters. The number of carboxylic acid groups (broad SMARTS) is 2. The van der Waals surface area contributed by atoms with E-state index in [-0.39, 0.29) is 190 Å². The van der Waals surface area contributed by atoms with Crippen LogP contribution in [-0.4, -0.2) is 307 Å². The van der Waals surface area contributed by atoms with E-state index in [1.165, 1.54) is 48.9 Å². The second-order valence-electron chi connectivity index (χ2n) is 32.4. The lowest BCUT2D eigenvalue weighted by Gasteiger charge is -2.23. The molecule has 11 rings (SSSR count). The van der Waals surface area contributed by atoms with Crippen molar-refractivity contribution in [2.45, 2.75) is 152 Å². The Labute approximate surface area is 825 Å². The van der Waals surface area contributed by atoms with Crippen molar-refractivity contribution in [3.05, 3.63) is 155 Å². The molecule has 1 heterocycles. The highest BCUT2D eigenvalue weighted by Gasteiger charge is 2.65. The van der Waals surface area contributed by atoms with Crippen molar-refractivity contribution in [3.63, 3.8) is 0 Å². The lowest BCUT2D eigenvalue weighted by atomic mass is 9.72. The quantitative estimate of drug-likeness (QED) is 0.0179. The minimum atomic E-state index is -6.10. The van der Waals surface area contributed by atoms with Crippen molar-refractivity contribution in [3.8, 4) is 17.2 Å². The number of halogens is 2. The fraction of sp³-hybridized carbons (Fsp3) is 0.500. The Hall–Kier alpha value is -10.1. The van der Waals surface area contributed by atoms with Crippen LogP contribution in [0.3, 0.4) is 0 Å². The van der Waals surface area contributed by atoms with Crippen LogP contribution in [-0.2, 0) is 177 Å². The van der Waals surface area contributed by atoms with Gasteiger partial charge < -0.3 is 80.3 Å². The van der Waals surface area contributed by atoms with Gasteiger partial charge in [0, 0.05) is 5.92 Å². The van der Waals surface area contributed by atoms with E-state index in [1.807, 2.05) is 0 Å². The fourth-order valence-electron chi connectivity index (χ4n) is 17.1. The number of carbonyl (C=O) groups is 12. The molecule has 39 nitrogen and oxygen atoms in total. The van der Waals surface area contributed by atoms with E-state index in [1.54, 1.807) is 12.1 Å². The zero-order chi connectivity index (χ0) is 105. The Balaban J connectivity index is 0.000000240. The standard InChI is InChI=1S/C19H19BO9S.C18H21BO7S.C17H21BO7S.C16H14B4F2O9S.C14H14B4O7S/c20-8-10-2-1-9(17(21)27-3-4-30(24,25)26)6-13(10)28-18(22)15-11-5-12-14(7-11)29-19(23)16(12)15;19-10-14-4-3-13(17(20)25-5-6-27(22,23)24)9-16(14)26-18(21)15-8-11-1-2-12(15)7-11;18-11-14-7-6-13(16(19)24-8-9-26(21,22)23)10-15(14)25-17(20)12-4-2-1-3-5-12;17-1-7-8(2-18)10(4-20)13(12(14(24)25)9(7)3-19)15(26)30-5-11(23)31-6-16(21,22)32(27,28)29;15-3-7-8(4-16)10(6-18)12(11(13(19)20)9(7)5-17)14(21)25-1-2-26(22,23)24/h1-2,6,11-12,14-16H,3-5,7-8H2,(H,24,25,26);3-4,9,11-12,15H,1-2,5-8,10H2,(H,22,23,24);6-7,10,12H,1-5,8-9,11H2,(H,21,22,23);1-6H2,(H,24,25)(H,27,28,29);1-6H2,(H,19,20)(H,22,23,24)/p-5. The summed E-state index contributed by atoms with van der Waals surface area (Å²) in [5.74, 6) is -14.6. The maximum atomic E-state index is 13.0. The van der Waals surface area contributed by atoms with Gasteiger partial charge in [-0.25, -0.2) is 80.4 Å². The summed E-state index contributed by atoms with van der Waals surface area (Å²) in [5.41, 5.74) is 1.27. The van der Waals surface area contributed by atoms with Gasteiger partial charge in [0.15, 0.2) is 23.3 Å². The molecule has 4 bridgehead atoms. The molecule has 141 heavy (non-hydrogen) atoms. The van der Waals surface area contributed by atoms with Gasteiger partial charge in [-0.2, -0.15) is 8.78 Å². The van der Waals surface area contributed by atoms with Crippen molar-refractivity contribution in [1.29, 1.82) is 0 Å². The molecule has 1 saturated heterocycles. The molecular formula is C84H84B11F2O39S5-5. The summed E-state index contributed by atoms with van der Waals surface area (Å²) in [4.78, 5) is 146. The summed E-state index contributed by atoms with van der Waals surface area (Å²) in [6, 6.07) is 12.9. The predicted octanol–water partition coefficient (Wildman–Crippen LogP) is 0.759. The van der Waals surface area contributed by atoms with Gasteiger partial charge in [-0.05, 0) is 138 Å². The first-order chi connectivity index (χ1) is 66.1. The molecule has 5 aromatic rings. The molecule has 6 aliphatic rings. The minimum absolute atomic E-state index is 0.00609. The zero-order valence-electron chi connectivity index (χ0n) is 75.2. The van der Waals surface area contributed by atoms with Crippen LogP contribution in [0, 0.1) is 47.3 Å². The number of carboxylic acids is 2. The minimum Gasteiger partial charge on any atom is -0.748 e. The largest absolute Gasteiger partial charge is 0.748 e. The first-order valence-electron chi connectivity index (χ1n) is 43.0. The summed E-state index contributed by atoms with van der Waals surface area (Å²) >= 11 is 0. The molecule has 0 amide bonds. The Morgan fingerprint density at radius 2 is 0.752 bits per heavy atom. The maximum absolute atomic E-state index is 13.0. The topological polar surface area (TPSA) is 624 Å². The number of fused-ring (bicyclic) bond motifs is 3. The SMILES string of the molecule is [B]Cc1c(C[B])c(C[B])c(C(=O)OCC(=O)OCC(F)(F)S(=O)(=O)[O-])c(C(=O)O)c1C[B].[B]Cc1c(C[B])c(C[B])c(C(=O)OCCS(=O)(=O)[O-])c(C(=O)O)c1C[B].[B]Cc1ccc(C(=O)OCCS(=O)(=O)[O-])cc1OC(=O)C1C2CC3OC(=O)C1C3C2.[B]Cc1ccc(C(=O)OCCS(=O)(=O)[O-])cc1OC(=O)C1CC2CCC1C2.[B]Cc1ccc(C(=O)OCCS(=O)(=O)[O-])cc1OC(=O)C1CCCCC1. The van der Waals surface area contributed by atoms with Crippen molar-refractivity contribution in [2.75, 3.05) is 62.7 Å². The highest BCUT2D eigenvalue weighted by Crippen LogP contribution is 2.58. The van der Waals surface area contributed by atoms with Gasteiger partial charge in [0.2, 0.25) is 0 Å². The summed E-state index contributed by atoms with van der Waals surface area (Å²) in [7, 11) is 38.2. The van der Waals surface area contributed by atoms with E-state index < -0.39 is 201 Å². The number of ether oxygens (including phenoxy) is 10. The van der Waals surface area contributed by atoms with Crippen LogP contribution in [0.1, 0.15) is 204 Å². The van der Waals surface area contributed by atoms with E-state index >= 15 is 0 Å². The van der Waals surface area contributed by atoms with Gasteiger partial charge in [-0.15, -0.1) is 0 Å². The summed E-state index contributed by atoms with van der Waals surface area (Å²) in [6.45, 7) is -5.82. The van der Waals surface area contributed by atoms with Crippen LogP contribution in [0.4, 0.5) is 8.78 Å². The van der Waals surface area contributed by atoms with Crippen LogP contribution >= 0.6 is 0 Å². The average Bonchev–Trinajstić information content (AvgIpc) is 1.56. The molecule has 0 spiro atoms. The highest BCUT2D eigenvalue weighted by molar-refractivity contribution is 7.87. The van der Waals surface area contributed by atoms with E-state index in [0.717, 1.165) is 57.8 Å². The number of benzene rings is 5. The number of alkyl halides is 2. The average molecular weight is 2030 g/mol. The van der Waals surface area contributed by atoms with Crippen molar-refractivity contribution >= 4 is 209 Å². The maximum Gasteiger partial charge on any atom is 0.367 e. The molecule has 0 aromatic heterocycles. The Morgan fingerprint density at radius 1 is 0.397 bits per heavy atom. The highest BCUT2D eigenvalue weighted by atomic mass is 32.2. The van der Waals surface area contributed by atoms with Gasteiger partial charge in [0.1, 0.15) is 49.8 Å². The Morgan fingerprint density at radius 3 is 1.09 bits per heavy atom.